The normalized spacial score (nSPS) is 11.3. The molecule has 1 N–H and O–H groups in total. The van der Waals surface area contributed by atoms with Gasteiger partial charge in [-0.2, -0.15) is 0 Å². The molecule has 0 aromatic heterocycles. The fourth-order valence-electron chi connectivity index (χ4n) is 2.81. The lowest BCUT2D eigenvalue weighted by atomic mass is 10.1. The van der Waals surface area contributed by atoms with E-state index in [0.29, 0.717) is 43.4 Å². The van der Waals surface area contributed by atoms with Gasteiger partial charge in [-0.3, -0.25) is 19.7 Å². The molecule has 9 nitrogen and oxygen atoms in total. The van der Waals surface area contributed by atoms with Gasteiger partial charge in [-0.15, -0.1) is 0 Å². The predicted molar refractivity (Wildman–Crippen MR) is 112 cm³/mol. The number of unbranched alkanes of at least 4 members (excludes halogenated alkanes) is 1. The topological polar surface area (TPSA) is 125 Å². The molecule has 0 heterocycles. The van der Waals surface area contributed by atoms with Crippen molar-refractivity contribution < 1.29 is 28.8 Å². The van der Waals surface area contributed by atoms with Gasteiger partial charge in [0, 0.05) is 24.6 Å². The van der Waals surface area contributed by atoms with Crippen LogP contribution in [0.5, 0.6) is 11.5 Å². The van der Waals surface area contributed by atoms with Crippen LogP contribution in [0.1, 0.15) is 55.1 Å². The summed E-state index contributed by atoms with van der Waals surface area (Å²) in [7, 11) is 0. The summed E-state index contributed by atoms with van der Waals surface area (Å²) in [5.74, 6) is 0.00469. The third-order valence-electron chi connectivity index (χ3n) is 4.47. The van der Waals surface area contributed by atoms with Gasteiger partial charge in [-0.1, -0.05) is 6.07 Å². The quantitative estimate of drug-likeness (QED) is 0.233. The van der Waals surface area contributed by atoms with Gasteiger partial charge < -0.3 is 19.6 Å². The molecule has 0 radical (unpaired) electrons. The number of nitrogens with zero attached hydrogens (tertiary/aromatic N) is 1. The molecule has 164 valence electrons. The average molecular weight is 428 g/mol. The van der Waals surface area contributed by atoms with Crippen LogP contribution in [0.15, 0.2) is 42.5 Å². The summed E-state index contributed by atoms with van der Waals surface area (Å²) in [5, 5.41) is 14.1. The van der Waals surface area contributed by atoms with E-state index in [-0.39, 0.29) is 28.9 Å². The Morgan fingerprint density at radius 3 is 2.65 bits per heavy atom. The second-order valence-corrected chi connectivity index (χ2v) is 6.90. The minimum Gasteiger partial charge on any atom is -0.460 e. The van der Waals surface area contributed by atoms with Crippen molar-refractivity contribution >= 4 is 23.9 Å². The van der Waals surface area contributed by atoms with Gasteiger partial charge in [0.05, 0.1) is 4.92 Å². The highest BCUT2D eigenvalue weighted by Crippen LogP contribution is 2.34. The molecule has 1 atom stereocenters. The number of rotatable bonds is 12. The number of Topliss-reactive ketones (excluding diaryl/α,β-unsaturated/α-hetero) is 1. The van der Waals surface area contributed by atoms with Crippen LogP contribution in [0, 0.1) is 10.1 Å². The molecule has 1 amide bonds. The molecule has 2 rings (SSSR count). The Morgan fingerprint density at radius 1 is 1.19 bits per heavy atom. The van der Waals surface area contributed by atoms with Crippen molar-refractivity contribution in [2.24, 2.45) is 0 Å². The number of hydrogen-bond donors (Lipinski definition) is 1. The van der Waals surface area contributed by atoms with Crippen molar-refractivity contribution in [3.8, 4) is 11.5 Å². The van der Waals surface area contributed by atoms with E-state index in [2.05, 4.69) is 5.32 Å². The van der Waals surface area contributed by atoms with E-state index >= 15 is 0 Å². The standard InChI is InChI=1S/C22H24N2O7/c1-15(26)6-3-4-11-23-22(27)18-7-5-8-19(12-18)31-21-13-17(16(2)30-14-25)9-10-20(21)24(28)29/h5,7-10,12-14,16H,3-4,6,11H2,1-2H3,(H,23,27). The third kappa shape index (κ3) is 7.22. The van der Waals surface area contributed by atoms with Crippen molar-refractivity contribution in [3.63, 3.8) is 0 Å². The summed E-state index contributed by atoms with van der Waals surface area (Å²) in [5.41, 5.74) is 0.593. The number of carbonyl (C=O) groups excluding carboxylic acids is 3. The van der Waals surface area contributed by atoms with Crippen LogP contribution in [0.2, 0.25) is 0 Å². The Bertz CT molecular complexity index is 959. The molecule has 1 unspecified atom stereocenters. The minimum atomic E-state index is -0.610. The number of ketones is 1. The van der Waals surface area contributed by atoms with Crippen LogP contribution >= 0.6 is 0 Å². The number of amides is 1. The first-order valence-electron chi connectivity index (χ1n) is 9.74. The Labute approximate surface area is 179 Å². The lowest BCUT2D eigenvalue weighted by molar-refractivity contribution is -0.385. The number of benzene rings is 2. The monoisotopic (exact) mass is 428 g/mol. The lowest BCUT2D eigenvalue weighted by Gasteiger charge is -2.13. The van der Waals surface area contributed by atoms with Crippen LogP contribution in [0.3, 0.4) is 0 Å². The summed E-state index contributed by atoms with van der Waals surface area (Å²) in [6.07, 6.45) is 1.25. The molecule has 0 aliphatic carbocycles. The van der Waals surface area contributed by atoms with Crippen molar-refractivity contribution in [1.29, 1.82) is 0 Å². The van der Waals surface area contributed by atoms with Crippen molar-refractivity contribution in [1.82, 2.24) is 5.32 Å². The molecule has 0 bridgehead atoms. The number of hydrogen-bond acceptors (Lipinski definition) is 7. The predicted octanol–water partition coefficient (Wildman–Crippen LogP) is 4.11. The second-order valence-electron chi connectivity index (χ2n) is 6.90. The Kier molecular flexibility index (Phi) is 8.68. The van der Waals surface area contributed by atoms with E-state index < -0.39 is 11.0 Å². The SMILES string of the molecule is CC(=O)CCCCNC(=O)c1cccc(Oc2cc(C(C)OC=O)ccc2[N+](=O)[O-])c1. The maximum atomic E-state index is 12.3. The van der Waals surface area contributed by atoms with Gasteiger partial charge in [0.1, 0.15) is 17.6 Å². The number of nitrogens with one attached hydrogen (secondary N) is 1. The first-order chi connectivity index (χ1) is 14.8. The van der Waals surface area contributed by atoms with E-state index in [1.807, 2.05) is 0 Å². The molecular weight excluding hydrogens is 404 g/mol. The molecule has 0 fully saturated rings. The molecule has 2 aromatic rings. The molecule has 9 heteroatoms. The smallest absolute Gasteiger partial charge is 0.311 e. The highest BCUT2D eigenvalue weighted by molar-refractivity contribution is 5.94. The van der Waals surface area contributed by atoms with E-state index in [9.17, 15) is 24.5 Å². The first kappa shape index (κ1) is 23.5. The van der Waals surface area contributed by atoms with E-state index in [0.717, 1.165) is 0 Å². The van der Waals surface area contributed by atoms with Crippen LogP contribution in [0.4, 0.5) is 5.69 Å². The maximum Gasteiger partial charge on any atom is 0.311 e. The summed E-state index contributed by atoms with van der Waals surface area (Å²) < 4.78 is 10.6. The first-order valence-corrected chi connectivity index (χ1v) is 9.74. The highest BCUT2D eigenvalue weighted by atomic mass is 16.6. The van der Waals surface area contributed by atoms with Crippen LogP contribution in [-0.2, 0) is 14.3 Å². The summed E-state index contributed by atoms with van der Waals surface area (Å²) in [4.78, 5) is 44.6. The minimum absolute atomic E-state index is 0.0364. The summed E-state index contributed by atoms with van der Waals surface area (Å²) in [6, 6.07) is 10.4. The number of nitro benzene ring substituents is 1. The zero-order chi connectivity index (χ0) is 22.8. The molecule has 0 saturated carbocycles. The molecule has 0 spiro atoms. The second kappa shape index (κ2) is 11.4. The molecule has 0 saturated heterocycles. The highest BCUT2D eigenvalue weighted by Gasteiger charge is 2.19. The van der Waals surface area contributed by atoms with Crippen molar-refractivity contribution in [3.05, 3.63) is 63.7 Å². The molecular formula is C22H24N2O7. The zero-order valence-corrected chi connectivity index (χ0v) is 17.3. The van der Waals surface area contributed by atoms with Gasteiger partial charge in [0.2, 0.25) is 5.75 Å². The van der Waals surface area contributed by atoms with Crippen molar-refractivity contribution in [2.75, 3.05) is 6.54 Å². The fourth-order valence-corrected chi connectivity index (χ4v) is 2.81. The van der Waals surface area contributed by atoms with Gasteiger partial charge in [-0.25, -0.2) is 0 Å². The van der Waals surface area contributed by atoms with Crippen LogP contribution in [-0.4, -0.2) is 29.6 Å². The van der Waals surface area contributed by atoms with Gasteiger partial charge in [-0.05, 0) is 62.6 Å². The van der Waals surface area contributed by atoms with Gasteiger partial charge in [0.15, 0.2) is 0 Å². The molecule has 2 aromatic carbocycles. The number of ether oxygens (including phenoxy) is 2. The lowest BCUT2D eigenvalue weighted by Crippen LogP contribution is -2.24. The third-order valence-corrected chi connectivity index (χ3v) is 4.47. The van der Waals surface area contributed by atoms with Crippen LogP contribution < -0.4 is 10.1 Å². The van der Waals surface area contributed by atoms with E-state index in [1.54, 1.807) is 25.1 Å². The largest absolute Gasteiger partial charge is 0.460 e. The fraction of sp³-hybridized carbons (Fsp3) is 0.318. The van der Waals surface area contributed by atoms with E-state index in [1.165, 1.54) is 31.2 Å². The maximum absolute atomic E-state index is 12.3. The van der Waals surface area contributed by atoms with Gasteiger partial charge in [0.25, 0.3) is 12.4 Å². The van der Waals surface area contributed by atoms with Crippen molar-refractivity contribution in [2.45, 2.75) is 39.2 Å². The number of carbonyl (C=O) groups is 3. The van der Waals surface area contributed by atoms with Gasteiger partial charge >= 0.3 is 5.69 Å². The molecule has 0 aliphatic heterocycles. The summed E-state index contributed by atoms with van der Waals surface area (Å²) in [6.45, 7) is 3.88. The Hall–Kier alpha value is -3.75. The molecule has 0 aliphatic rings. The average Bonchev–Trinajstić information content (AvgIpc) is 2.73. The van der Waals surface area contributed by atoms with Crippen LogP contribution in [0.25, 0.3) is 0 Å². The Balaban J connectivity index is 2.13. The van der Waals surface area contributed by atoms with E-state index in [4.69, 9.17) is 9.47 Å². The Morgan fingerprint density at radius 2 is 1.97 bits per heavy atom. The summed E-state index contributed by atoms with van der Waals surface area (Å²) >= 11 is 0. The molecule has 31 heavy (non-hydrogen) atoms. The zero-order valence-electron chi connectivity index (χ0n) is 17.3. The number of nitro groups is 1.